The summed E-state index contributed by atoms with van der Waals surface area (Å²) in [5, 5.41) is 55.5. The molecule has 0 bridgehead atoms. The third kappa shape index (κ3) is 5.81. The van der Waals surface area contributed by atoms with Crippen molar-refractivity contribution in [3.05, 3.63) is 0 Å². The van der Waals surface area contributed by atoms with Gasteiger partial charge in [0.2, 0.25) is 0 Å². The van der Waals surface area contributed by atoms with Gasteiger partial charge in [0.05, 0.1) is 6.10 Å². The van der Waals surface area contributed by atoms with Crippen LogP contribution in [0.15, 0.2) is 0 Å². The molecule has 2 fully saturated rings. The van der Waals surface area contributed by atoms with Gasteiger partial charge < -0.3 is 54.3 Å². The van der Waals surface area contributed by atoms with E-state index in [1.54, 1.807) is 0 Å². The zero-order valence-electron chi connectivity index (χ0n) is 16.3. The van der Waals surface area contributed by atoms with Gasteiger partial charge in [-0.1, -0.05) is 0 Å². The molecule has 2 saturated heterocycles. The molecule has 0 aromatic rings. The van der Waals surface area contributed by atoms with Crippen LogP contribution in [0.5, 0.6) is 0 Å². The van der Waals surface area contributed by atoms with E-state index in [9.17, 15) is 30.0 Å². The maximum atomic E-state index is 10.8. The van der Waals surface area contributed by atoms with Crippen LogP contribution >= 0.6 is 0 Å². The summed E-state index contributed by atoms with van der Waals surface area (Å²) in [7, 11) is 3.73. The maximum Gasteiger partial charge on any atom is 0.335 e. The fraction of sp³-hybridized carbons (Fsp3) is 0.875. The molecule has 0 radical (unpaired) electrons. The van der Waals surface area contributed by atoms with Crippen molar-refractivity contribution in [1.82, 2.24) is 0 Å². The number of hydrogen-bond acceptors (Lipinski definition) is 11. The highest BCUT2D eigenvalue weighted by Gasteiger charge is 2.48. The minimum Gasteiger partial charge on any atom is -0.479 e. The standard InChI is InChI=1S/C8H14O7.C8H14O6/c1-13-5-3(9)4(10)8(14-2)15-6(5)7(11)12;1-3-4(9)5(10)6(13-2)7(14-3)8(11)12/h3-6,8-10H,1-2H3,(H,11,12);3-7,9-10H,1-2H3,(H,11,12)/t3-,4?,5+,6?,8-;3-,4?,5+,6-,7?/m10/s1. The molecular formula is C16H28O13. The van der Waals surface area contributed by atoms with Crippen LogP contribution in [0.2, 0.25) is 0 Å². The molecule has 0 spiro atoms. The number of rotatable bonds is 5. The first-order valence-electron chi connectivity index (χ1n) is 8.58. The number of aliphatic hydroxyl groups excluding tert-OH is 4. The van der Waals surface area contributed by atoms with E-state index in [0.717, 1.165) is 0 Å². The van der Waals surface area contributed by atoms with Crippen molar-refractivity contribution in [1.29, 1.82) is 0 Å². The van der Waals surface area contributed by atoms with Gasteiger partial charge in [-0.05, 0) is 6.92 Å². The first-order valence-corrected chi connectivity index (χ1v) is 8.58. The van der Waals surface area contributed by atoms with E-state index in [2.05, 4.69) is 0 Å². The molecular weight excluding hydrogens is 400 g/mol. The van der Waals surface area contributed by atoms with Gasteiger partial charge in [-0.2, -0.15) is 0 Å². The number of aliphatic hydroxyl groups is 4. The van der Waals surface area contributed by atoms with Crippen LogP contribution in [0.3, 0.4) is 0 Å². The van der Waals surface area contributed by atoms with Crippen LogP contribution in [-0.2, 0) is 33.3 Å². The summed E-state index contributed by atoms with van der Waals surface area (Å²) in [6.45, 7) is 1.50. The Morgan fingerprint density at radius 2 is 1.10 bits per heavy atom. The average Bonchev–Trinajstić information content (AvgIpc) is 2.67. The Hall–Kier alpha value is -1.42. The third-order valence-corrected chi connectivity index (χ3v) is 4.64. The molecule has 0 aromatic heterocycles. The van der Waals surface area contributed by atoms with Crippen molar-refractivity contribution in [2.75, 3.05) is 21.3 Å². The van der Waals surface area contributed by atoms with E-state index in [1.807, 2.05) is 0 Å². The number of carboxylic acid groups (broad SMARTS) is 2. The van der Waals surface area contributed by atoms with Crippen molar-refractivity contribution in [3.8, 4) is 0 Å². The number of methoxy groups -OCH3 is 3. The molecule has 2 heterocycles. The number of hydrogen-bond donors (Lipinski definition) is 6. The van der Waals surface area contributed by atoms with E-state index in [4.69, 9.17) is 33.9 Å². The van der Waals surface area contributed by atoms with Crippen LogP contribution < -0.4 is 0 Å². The molecule has 2 aliphatic heterocycles. The highest BCUT2D eigenvalue weighted by molar-refractivity contribution is 5.74. The first-order chi connectivity index (χ1) is 13.5. The van der Waals surface area contributed by atoms with E-state index in [0.29, 0.717) is 0 Å². The highest BCUT2D eigenvalue weighted by atomic mass is 16.7. The molecule has 4 unspecified atom stereocenters. The zero-order chi connectivity index (χ0) is 22.5. The van der Waals surface area contributed by atoms with Gasteiger partial charge >= 0.3 is 11.9 Å². The van der Waals surface area contributed by atoms with Crippen molar-refractivity contribution in [3.63, 3.8) is 0 Å². The second-order valence-corrected chi connectivity index (χ2v) is 6.46. The molecule has 170 valence electrons. The van der Waals surface area contributed by atoms with Crippen LogP contribution in [0.4, 0.5) is 0 Å². The van der Waals surface area contributed by atoms with E-state index >= 15 is 0 Å². The van der Waals surface area contributed by atoms with Gasteiger partial charge in [0.25, 0.3) is 0 Å². The van der Waals surface area contributed by atoms with Gasteiger partial charge in [-0.25, -0.2) is 9.59 Å². The largest absolute Gasteiger partial charge is 0.479 e. The van der Waals surface area contributed by atoms with Crippen LogP contribution in [-0.4, -0.2) is 125 Å². The van der Waals surface area contributed by atoms with Gasteiger partial charge in [0.1, 0.15) is 36.6 Å². The summed E-state index contributed by atoms with van der Waals surface area (Å²) in [5.74, 6) is -2.50. The lowest BCUT2D eigenvalue weighted by atomic mass is 9.95. The Morgan fingerprint density at radius 3 is 1.48 bits per heavy atom. The predicted octanol–water partition coefficient (Wildman–Crippen LogP) is -3.23. The number of ether oxygens (including phenoxy) is 5. The highest BCUT2D eigenvalue weighted by Crippen LogP contribution is 2.24. The quantitative estimate of drug-likeness (QED) is 0.255. The Bertz CT molecular complexity index is 543. The normalized spacial score (nSPS) is 42.5. The fourth-order valence-electron chi connectivity index (χ4n) is 3.00. The monoisotopic (exact) mass is 428 g/mol. The summed E-state index contributed by atoms with van der Waals surface area (Å²) < 4.78 is 24.2. The fourth-order valence-corrected chi connectivity index (χ4v) is 3.00. The van der Waals surface area contributed by atoms with Crippen molar-refractivity contribution in [2.24, 2.45) is 0 Å². The number of aliphatic carboxylic acids is 2. The van der Waals surface area contributed by atoms with Crippen molar-refractivity contribution < 1.29 is 63.9 Å². The van der Waals surface area contributed by atoms with Gasteiger partial charge in [-0.15, -0.1) is 0 Å². The molecule has 2 rings (SSSR count). The molecule has 0 amide bonds. The van der Waals surface area contributed by atoms with Crippen LogP contribution in [0, 0.1) is 0 Å². The number of carbonyl (C=O) groups is 2. The maximum absolute atomic E-state index is 10.8. The van der Waals surface area contributed by atoms with Gasteiger partial charge in [0.15, 0.2) is 18.5 Å². The summed E-state index contributed by atoms with van der Waals surface area (Å²) in [6, 6.07) is 0. The Morgan fingerprint density at radius 1 is 0.690 bits per heavy atom. The van der Waals surface area contributed by atoms with E-state index < -0.39 is 73.2 Å². The van der Waals surface area contributed by atoms with Gasteiger partial charge in [0, 0.05) is 21.3 Å². The minimum atomic E-state index is -1.37. The first kappa shape index (κ1) is 25.6. The van der Waals surface area contributed by atoms with E-state index in [-0.39, 0.29) is 0 Å². The molecule has 29 heavy (non-hydrogen) atoms. The topological polar surface area (TPSA) is 202 Å². The summed E-state index contributed by atoms with van der Waals surface area (Å²) >= 11 is 0. The lowest BCUT2D eigenvalue weighted by Crippen LogP contribution is -2.60. The molecule has 2 aliphatic rings. The predicted molar refractivity (Wildman–Crippen MR) is 90.9 cm³/mol. The van der Waals surface area contributed by atoms with Crippen molar-refractivity contribution in [2.45, 2.75) is 68.1 Å². The summed E-state index contributed by atoms with van der Waals surface area (Å²) in [5.41, 5.74) is 0. The summed E-state index contributed by atoms with van der Waals surface area (Å²) in [6.07, 6.45) is -11.7. The average molecular weight is 428 g/mol. The minimum absolute atomic E-state index is 0.725. The Labute approximate surface area is 166 Å². The van der Waals surface area contributed by atoms with Crippen LogP contribution in [0.25, 0.3) is 0 Å². The molecule has 6 N–H and O–H groups in total. The third-order valence-electron chi connectivity index (χ3n) is 4.64. The zero-order valence-corrected chi connectivity index (χ0v) is 16.3. The van der Waals surface area contributed by atoms with Crippen molar-refractivity contribution >= 4 is 11.9 Å². The second kappa shape index (κ2) is 11.1. The van der Waals surface area contributed by atoms with E-state index in [1.165, 1.54) is 28.3 Å². The second-order valence-electron chi connectivity index (χ2n) is 6.46. The molecule has 13 nitrogen and oxygen atoms in total. The Balaban J connectivity index is 0.000000291. The molecule has 0 aliphatic carbocycles. The molecule has 0 aromatic carbocycles. The number of carboxylic acids is 2. The SMILES string of the molecule is CO[C@@H]1C(C(=O)O)O[C@@H](C)C(O)[C@H]1O.CO[C@@H]1OC(C(=O)O)[C@@H](OC)[C@H](O)C1O. The Kier molecular flexibility index (Phi) is 9.81. The molecule has 13 heteroatoms. The lowest BCUT2D eigenvalue weighted by Gasteiger charge is -2.39. The lowest BCUT2D eigenvalue weighted by molar-refractivity contribution is -0.290. The molecule has 0 saturated carbocycles. The summed E-state index contributed by atoms with van der Waals surface area (Å²) in [4.78, 5) is 21.5. The van der Waals surface area contributed by atoms with Gasteiger partial charge in [-0.3, -0.25) is 0 Å². The molecule has 10 atom stereocenters. The smallest absolute Gasteiger partial charge is 0.335 e. The van der Waals surface area contributed by atoms with Crippen LogP contribution in [0.1, 0.15) is 6.92 Å².